The third-order valence-electron chi connectivity index (χ3n) is 5.05. The molecule has 0 radical (unpaired) electrons. The monoisotopic (exact) mass is 406 g/mol. The second kappa shape index (κ2) is 10.1. The summed E-state index contributed by atoms with van der Waals surface area (Å²) in [5.74, 6) is 0.775. The number of carbonyl (C=O) groups is 1. The summed E-state index contributed by atoms with van der Waals surface area (Å²) in [6.45, 7) is 3.91. The molecule has 1 fully saturated rings. The molecule has 0 bridgehead atoms. The van der Waals surface area contributed by atoms with E-state index in [0.717, 1.165) is 25.4 Å². The van der Waals surface area contributed by atoms with E-state index in [1.807, 2.05) is 36.4 Å². The van der Waals surface area contributed by atoms with Crippen LogP contribution in [0.25, 0.3) is 0 Å². The van der Waals surface area contributed by atoms with Crippen LogP contribution in [0.1, 0.15) is 21.7 Å². The molecule has 6 nitrogen and oxygen atoms in total. The molecular formula is C24H26N2O4. The lowest BCUT2D eigenvalue weighted by molar-refractivity contribution is -0.0293. The number of ether oxygens (including phenoxy) is 2. The number of amides is 1. The van der Waals surface area contributed by atoms with Gasteiger partial charge in [-0.25, -0.2) is 0 Å². The first-order valence-corrected chi connectivity index (χ1v) is 10.2. The molecule has 0 saturated carbocycles. The van der Waals surface area contributed by atoms with Gasteiger partial charge in [-0.15, -0.1) is 0 Å². The molecule has 1 saturated heterocycles. The molecular weight excluding hydrogens is 380 g/mol. The van der Waals surface area contributed by atoms with Crippen LogP contribution in [0.5, 0.6) is 5.75 Å². The molecule has 0 aliphatic carbocycles. The van der Waals surface area contributed by atoms with Crippen molar-refractivity contribution in [3.63, 3.8) is 0 Å². The number of morpholine rings is 1. The molecule has 1 aromatic heterocycles. The van der Waals surface area contributed by atoms with Gasteiger partial charge in [0.2, 0.25) is 0 Å². The summed E-state index contributed by atoms with van der Waals surface area (Å²) in [6, 6.07) is 21.6. The summed E-state index contributed by atoms with van der Waals surface area (Å²) in [7, 11) is 0. The molecule has 1 aliphatic rings. The highest BCUT2D eigenvalue weighted by atomic mass is 16.5. The Morgan fingerprint density at radius 1 is 1.07 bits per heavy atom. The number of carbonyl (C=O) groups excluding carboxylic acids is 1. The number of para-hydroxylation sites is 1. The number of hydrogen-bond donors (Lipinski definition) is 1. The Kier molecular flexibility index (Phi) is 6.79. The SMILES string of the molecule is O=C(NCC1CN(Cc2ccccc2)CCO1)c1occc1COc1ccccc1. The number of nitrogens with zero attached hydrogens (tertiary/aromatic N) is 1. The zero-order chi connectivity index (χ0) is 20.6. The topological polar surface area (TPSA) is 63.9 Å². The first-order valence-electron chi connectivity index (χ1n) is 10.2. The number of furan rings is 1. The van der Waals surface area contributed by atoms with Crippen molar-refractivity contribution in [2.24, 2.45) is 0 Å². The van der Waals surface area contributed by atoms with Gasteiger partial charge in [0, 0.05) is 31.7 Å². The lowest BCUT2D eigenvalue weighted by Gasteiger charge is -2.33. The van der Waals surface area contributed by atoms with Crippen LogP contribution >= 0.6 is 0 Å². The molecule has 3 aromatic rings. The van der Waals surface area contributed by atoms with E-state index in [1.165, 1.54) is 11.8 Å². The highest BCUT2D eigenvalue weighted by Crippen LogP contribution is 2.16. The predicted octanol–water partition coefficient (Wildman–Crippen LogP) is 3.49. The Hall–Kier alpha value is -3.09. The normalized spacial score (nSPS) is 16.9. The fourth-order valence-electron chi connectivity index (χ4n) is 3.50. The molecule has 1 aliphatic heterocycles. The van der Waals surface area contributed by atoms with Gasteiger partial charge in [0.1, 0.15) is 12.4 Å². The maximum atomic E-state index is 12.6. The third kappa shape index (κ3) is 5.49. The van der Waals surface area contributed by atoms with Crippen LogP contribution < -0.4 is 10.1 Å². The van der Waals surface area contributed by atoms with Crippen LogP contribution in [0.2, 0.25) is 0 Å². The van der Waals surface area contributed by atoms with Gasteiger partial charge in [0.15, 0.2) is 5.76 Å². The van der Waals surface area contributed by atoms with Crippen molar-refractivity contribution in [2.75, 3.05) is 26.2 Å². The Morgan fingerprint density at radius 3 is 2.63 bits per heavy atom. The van der Waals surface area contributed by atoms with Gasteiger partial charge in [-0.3, -0.25) is 9.69 Å². The fraction of sp³-hybridized carbons (Fsp3) is 0.292. The zero-order valence-corrected chi connectivity index (χ0v) is 16.8. The number of hydrogen-bond acceptors (Lipinski definition) is 5. The van der Waals surface area contributed by atoms with Gasteiger partial charge in [-0.1, -0.05) is 48.5 Å². The minimum absolute atomic E-state index is 0.0506. The van der Waals surface area contributed by atoms with Gasteiger partial charge in [-0.2, -0.15) is 0 Å². The molecule has 1 atom stereocenters. The van der Waals surface area contributed by atoms with Crippen molar-refractivity contribution in [2.45, 2.75) is 19.3 Å². The van der Waals surface area contributed by atoms with Gasteiger partial charge in [0.05, 0.1) is 19.0 Å². The van der Waals surface area contributed by atoms with Crippen LogP contribution in [0.3, 0.4) is 0 Å². The lowest BCUT2D eigenvalue weighted by Crippen LogP contribution is -2.47. The molecule has 30 heavy (non-hydrogen) atoms. The van der Waals surface area contributed by atoms with E-state index >= 15 is 0 Å². The fourth-order valence-corrected chi connectivity index (χ4v) is 3.50. The van der Waals surface area contributed by atoms with Crippen molar-refractivity contribution in [3.8, 4) is 5.75 Å². The van der Waals surface area contributed by atoms with E-state index in [4.69, 9.17) is 13.9 Å². The Morgan fingerprint density at radius 2 is 1.83 bits per heavy atom. The van der Waals surface area contributed by atoms with E-state index in [0.29, 0.717) is 18.7 Å². The largest absolute Gasteiger partial charge is 0.489 e. The van der Waals surface area contributed by atoms with Crippen LogP contribution in [0, 0.1) is 0 Å². The Bertz CT molecular complexity index is 927. The minimum Gasteiger partial charge on any atom is -0.489 e. The summed E-state index contributed by atoms with van der Waals surface area (Å²) < 4.78 is 17.0. The van der Waals surface area contributed by atoms with Crippen molar-refractivity contribution < 1.29 is 18.7 Å². The van der Waals surface area contributed by atoms with Crippen molar-refractivity contribution in [1.82, 2.24) is 10.2 Å². The standard InChI is InChI=1S/C24H26N2O4/c27-24(23-20(11-13-29-23)18-30-21-9-5-2-6-10-21)25-15-22-17-26(12-14-28-22)16-19-7-3-1-4-8-19/h1-11,13,22H,12,14-18H2,(H,25,27). The smallest absolute Gasteiger partial charge is 0.287 e. The number of nitrogens with one attached hydrogen (secondary N) is 1. The number of benzene rings is 2. The summed E-state index contributed by atoms with van der Waals surface area (Å²) >= 11 is 0. The van der Waals surface area contributed by atoms with Crippen LogP contribution in [0.4, 0.5) is 0 Å². The Balaban J connectivity index is 1.27. The van der Waals surface area contributed by atoms with E-state index < -0.39 is 0 Å². The predicted molar refractivity (Wildman–Crippen MR) is 113 cm³/mol. The van der Waals surface area contributed by atoms with Gasteiger partial charge in [-0.05, 0) is 23.8 Å². The van der Waals surface area contributed by atoms with Crippen LogP contribution in [-0.2, 0) is 17.9 Å². The van der Waals surface area contributed by atoms with E-state index in [1.54, 1.807) is 6.07 Å². The highest BCUT2D eigenvalue weighted by molar-refractivity contribution is 5.92. The summed E-state index contributed by atoms with van der Waals surface area (Å²) in [5, 5.41) is 2.94. The third-order valence-corrected chi connectivity index (χ3v) is 5.05. The molecule has 1 N–H and O–H groups in total. The van der Waals surface area contributed by atoms with Crippen molar-refractivity contribution >= 4 is 5.91 Å². The molecule has 1 unspecified atom stereocenters. The molecule has 4 rings (SSSR count). The molecule has 1 amide bonds. The van der Waals surface area contributed by atoms with E-state index in [-0.39, 0.29) is 24.4 Å². The average Bonchev–Trinajstić information content (AvgIpc) is 3.27. The maximum Gasteiger partial charge on any atom is 0.287 e. The van der Waals surface area contributed by atoms with Crippen LogP contribution in [-0.4, -0.2) is 43.2 Å². The quantitative estimate of drug-likeness (QED) is 0.620. The summed E-state index contributed by atoms with van der Waals surface area (Å²) in [5.41, 5.74) is 1.99. The van der Waals surface area contributed by atoms with E-state index in [2.05, 4.69) is 34.5 Å². The molecule has 2 heterocycles. The Labute approximate surface area is 176 Å². The number of rotatable bonds is 8. The van der Waals surface area contributed by atoms with Crippen molar-refractivity contribution in [1.29, 1.82) is 0 Å². The van der Waals surface area contributed by atoms with Gasteiger partial charge >= 0.3 is 0 Å². The second-order valence-corrected chi connectivity index (χ2v) is 7.30. The first kappa shape index (κ1) is 20.2. The van der Waals surface area contributed by atoms with Gasteiger partial charge in [0.25, 0.3) is 5.91 Å². The van der Waals surface area contributed by atoms with Crippen LogP contribution in [0.15, 0.2) is 77.4 Å². The lowest BCUT2D eigenvalue weighted by atomic mass is 10.2. The summed E-state index contributed by atoms with van der Waals surface area (Å²) in [6.07, 6.45) is 1.46. The molecule has 156 valence electrons. The highest BCUT2D eigenvalue weighted by Gasteiger charge is 2.23. The molecule has 2 aromatic carbocycles. The van der Waals surface area contributed by atoms with E-state index in [9.17, 15) is 4.79 Å². The second-order valence-electron chi connectivity index (χ2n) is 7.30. The average molecular weight is 406 g/mol. The minimum atomic E-state index is -0.254. The molecule has 0 spiro atoms. The molecule has 6 heteroatoms. The summed E-state index contributed by atoms with van der Waals surface area (Å²) in [4.78, 5) is 15.0. The zero-order valence-electron chi connectivity index (χ0n) is 16.8. The maximum absolute atomic E-state index is 12.6. The van der Waals surface area contributed by atoms with Gasteiger partial charge < -0.3 is 19.2 Å². The van der Waals surface area contributed by atoms with Crippen molar-refractivity contribution in [3.05, 3.63) is 89.9 Å². The first-order chi connectivity index (χ1) is 14.8.